The summed E-state index contributed by atoms with van der Waals surface area (Å²) in [5, 5.41) is -12.5. The van der Waals surface area contributed by atoms with Crippen molar-refractivity contribution in [2.24, 2.45) is 0 Å². The van der Waals surface area contributed by atoms with Crippen LogP contribution in [0, 0.1) is 0 Å². The number of sulfonamides is 2. The van der Waals surface area contributed by atoms with Gasteiger partial charge >= 0.3 is 16.4 Å². The van der Waals surface area contributed by atoms with E-state index in [9.17, 15) is 43.2 Å². The van der Waals surface area contributed by atoms with Gasteiger partial charge in [-0.2, -0.15) is 26.3 Å². The van der Waals surface area contributed by atoms with E-state index in [0.717, 1.165) is 0 Å². The van der Waals surface area contributed by atoms with Crippen LogP contribution in [0.5, 0.6) is 0 Å². The van der Waals surface area contributed by atoms with Crippen molar-refractivity contribution in [3.63, 3.8) is 0 Å². The summed E-state index contributed by atoms with van der Waals surface area (Å²) in [5.41, 5.74) is 0. The van der Waals surface area contributed by atoms with Gasteiger partial charge < -0.3 is 0 Å². The van der Waals surface area contributed by atoms with E-state index >= 15 is 0 Å². The van der Waals surface area contributed by atoms with Crippen LogP contribution in [0.3, 0.4) is 0 Å². The first kappa shape index (κ1) is 17.0. The maximum absolute atomic E-state index is 12.5. The number of alkyl halides is 6. The molecular formula is C3H3F6LiNO4S2. The molecule has 0 saturated carbocycles. The van der Waals surface area contributed by atoms with Crippen molar-refractivity contribution < 1.29 is 44.6 Å². The molecule has 1 aliphatic heterocycles. The molecule has 1 radical (unpaired) electrons. The summed E-state index contributed by atoms with van der Waals surface area (Å²) < 4.78 is 116. The minimum atomic E-state index is -6.57. The molecule has 0 aromatic rings. The standard InChI is InChI=1S/C3HF6NO4S2.Li.H2/c4-1(5)2(6,7)15(11,12)10-16(13,14)3(1,8)9;;/h10H;;1H. The molecular weight excluding hydrogens is 299 g/mol. The average Bonchev–Trinajstić information content (AvgIpc) is 1.98. The van der Waals surface area contributed by atoms with E-state index in [1.54, 1.807) is 0 Å². The molecule has 1 rings (SSSR count). The van der Waals surface area contributed by atoms with Gasteiger partial charge in [-0.25, -0.2) is 16.8 Å². The molecule has 1 fully saturated rings. The van der Waals surface area contributed by atoms with Crippen molar-refractivity contribution in [3.05, 3.63) is 0 Å². The molecule has 1 saturated heterocycles. The van der Waals surface area contributed by atoms with E-state index in [4.69, 9.17) is 0 Å². The summed E-state index contributed by atoms with van der Waals surface area (Å²) in [7, 11) is -12.9. The second-order valence-corrected chi connectivity index (χ2v) is 6.40. The molecule has 0 aromatic carbocycles. The van der Waals surface area contributed by atoms with E-state index in [1.165, 1.54) is 0 Å². The monoisotopic (exact) mass is 302 g/mol. The van der Waals surface area contributed by atoms with E-state index in [-0.39, 0.29) is 24.4 Å². The summed E-state index contributed by atoms with van der Waals surface area (Å²) in [5.74, 6) is -6.57. The zero-order chi connectivity index (χ0) is 13.2. The Morgan fingerprint density at radius 1 is 0.765 bits per heavy atom. The van der Waals surface area contributed by atoms with Gasteiger partial charge in [-0.3, -0.25) is 0 Å². The Morgan fingerprint density at radius 2 is 1.00 bits per heavy atom. The maximum atomic E-state index is 12.5. The normalized spacial score (nSPS) is 31.2. The number of nitrogens with one attached hydrogen (secondary N) is 1. The number of halogens is 6. The van der Waals surface area contributed by atoms with Crippen molar-refractivity contribution in [2.45, 2.75) is 16.4 Å². The molecule has 0 aliphatic carbocycles. The molecule has 5 nitrogen and oxygen atoms in total. The first-order valence-corrected chi connectivity index (χ1v) is 6.08. The second kappa shape index (κ2) is 3.76. The van der Waals surface area contributed by atoms with Crippen LogP contribution in [-0.2, 0) is 20.0 Å². The molecule has 1 aliphatic rings. The average molecular weight is 302 g/mol. The van der Waals surface area contributed by atoms with Crippen molar-refractivity contribution >= 4 is 38.9 Å². The zero-order valence-corrected chi connectivity index (χ0v) is 9.35. The third-order valence-electron chi connectivity index (χ3n) is 1.63. The van der Waals surface area contributed by atoms with Crippen molar-refractivity contribution in [1.29, 1.82) is 0 Å². The summed E-state index contributed by atoms with van der Waals surface area (Å²) in [6, 6.07) is 0. The third-order valence-corrected chi connectivity index (χ3v) is 5.24. The Morgan fingerprint density at radius 3 is 1.24 bits per heavy atom. The summed E-state index contributed by atoms with van der Waals surface area (Å²) in [6.07, 6.45) is 0. The van der Waals surface area contributed by atoms with Gasteiger partial charge in [-0.05, 0) is 0 Å². The Hall–Kier alpha value is 0.0374. The molecule has 14 heteroatoms. The van der Waals surface area contributed by atoms with Crippen molar-refractivity contribution in [2.75, 3.05) is 0 Å². The maximum Gasteiger partial charge on any atom is 0.429 e. The van der Waals surface area contributed by atoms with Crippen LogP contribution < -0.4 is 4.13 Å². The fraction of sp³-hybridized carbons (Fsp3) is 1.00. The minimum absolute atomic E-state index is 0. The topological polar surface area (TPSA) is 80.3 Å². The molecule has 0 unspecified atom stereocenters. The molecule has 0 atom stereocenters. The molecule has 0 bridgehead atoms. The van der Waals surface area contributed by atoms with E-state index in [2.05, 4.69) is 0 Å². The second-order valence-electron chi connectivity index (χ2n) is 2.70. The van der Waals surface area contributed by atoms with Crippen LogP contribution in [0.2, 0.25) is 0 Å². The van der Waals surface area contributed by atoms with Crippen LogP contribution in [0.15, 0.2) is 0 Å². The van der Waals surface area contributed by atoms with Crippen LogP contribution in [0.25, 0.3) is 0 Å². The fourth-order valence-corrected chi connectivity index (χ4v) is 3.74. The van der Waals surface area contributed by atoms with Gasteiger partial charge in [0.25, 0.3) is 20.0 Å². The minimum Gasteiger partial charge on any atom is -0.205 e. The molecule has 0 spiro atoms. The molecule has 0 aromatic heterocycles. The van der Waals surface area contributed by atoms with Gasteiger partial charge in [0.15, 0.2) is 0 Å². The van der Waals surface area contributed by atoms with Crippen LogP contribution in [0.4, 0.5) is 26.3 Å². The molecule has 17 heavy (non-hydrogen) atoms. The van der Waals surface area contributed by atoms with Gasteiger partial charge in [-0.1, -0.05) is 4.13 Å². The predicted molar refractivity (Wildman–Crippen MR) is 43.7 cm³/mol. The van der Waals surface area contributed by atoms with Gasteiger partial charge in [0.05, 0.1) is 0 Å². The third kappa shape index (κ3) is 1.79. The quantitative estimate of drug-likeness (QED) is 0.502. The molecule has 0 amide bonds. The van der Waals surface area contributed by atoms with Crippen LogP contribution in [0.1, 0.15) is 1.43 Å². The van der Waals surface area contributed by atoms with Gasteiger partial charge in [0, 0.05) is 20.3 Å². The summed E-state index contributed by atoms with van der Waals surface area (Å²) >= 11 is 0. The van der Waals surface area contributed by atoms with Crippen LogP contribution >= 0.6 is 0 Å². The van der Waals surface area contributed by atoms with E-state index in [1.807, 2.05) is 0 Å². The van der Waals surface area contributed by atoms with Crippen molar-refractivity contribution in [3.8, 4) is 0 Å². The SMILES string of the molecule is O=S1(=O)NS(=O)(=O)C(F)(F)C(F)(F)C1(F)F.[HH].[Li]. The predicted octanol–water partition coefficient (Wildman–Crippen LogP) is -0.0647. The largest absolute Gasteiger partial charge is 0.429 e. The molecule has 1 heterocycles. The Kier molecular flexibility index (Phi) is 3.77. The zero-order valence-electron chi connectivity index (χ0n) is 7.72. The van der Waals surface area contributed by atoms with E-state index in [0.29, 0.717) is 0 Å². The Labute approximate surface area is 104 Å². The van der Waals surface area contributed by atoms with Gasteiger partial charge in [0.2, 0.25) is 0 Å². The van der Waals surface area contributed by atoms with Crippen molar-refractivity contribution in [1.82, 2.24) is 4.13 Å². The first-order valence-electron chi connectivity index (χ1n) is 3.12. The summed E-state index contributed by atoms with van der Waals surface area (Å²) in [4.78, 5) is 0. The Balaban J connectivity index is 0. The summed E-state index contributed by atoms with van der Waals surface area (Å²) in [6.45, 7) is 0. The first-order chi connectivity index (χ1) is 6.71. The van der Waals surface area contributed by atoms with Gasteiger partial charge in [0.1, 0.15) is 0 Å². The smallest absolute Gasteiger partial charge is 0.205 e. The van der Waals surface area contributed by atoms with E-state index < -0.39 is 36.5 Å². The fourth-order valence-electron chi connectivity index (χ4n) is 0.756. The van der Waals surface area contributed by atoms with Crippen LogP contribution in [-0.4, -0.2) is 52.1 Å². The number of hydrogen-bond donors (Lipinski definition) is 1. The number of rotatable bonds is 0. The number of hydrogen-bond acceptors (Lipinski definition) is 4. The van der Waals surface area contributed by atoms with Gasteiger partial charge in [-0.15, -0.1) is 0 Å². The molecule has 99 valence electrons. The Bertz CT molecular complexity index is 485. The molecule has 1 N–H and O–H groups in total.